The maximum absolute atomic E-state index is 12.2. The summed E-state index contributed by atoms with van der Waals surface area (Å²) in [5.41, 5.74) is 0.907. The van der Waals surface area contributed by atoms with E-state index in [4.69, 9.17) is 11.6 Å². The van der Waals surface area contributed by atoms with Gasteiger partial charge >= 0.3 is 11.4 Å². The van der Waals surface area contributed by atoms with Gasteiger partial charge in [-0.3, -0.25) is 4.79 Å². The molecule has 1 aliphatic rings. The van der Waals surface area contributed by atoms with Gasteiger partial charge in [0.15, 0.2) is 0 Å². The van der Waals surface area contributed by atoms with Crippen LogP contribution in [0.15, 0.2) is 29.2 Å². The molecule has 0 bridgehead atoms. The molecule has 8 heteroatoms. The lowest BCUT2D eigenvalue weighted by Crippen LogP contribution is -2.37. The molecule has 1 saturated heterocycles. The molecular weight excluding hydrogens is 292 g/mol. The third kappa shape index (κ3) is 2.43. The Labute approximate surface area is 115 Å². The summed E-state index contributed by atoms with van der Waals surface area (Å²) in [4.78, 5) is 23.5. The van der Waals surface area contributed by atoms with Crippen LogP contribution in [-0.2, 0) is 10.0 Å². The van der Waals surface area contributed by atoms with Gasteiger partial charge in [0.1, 0.15) is 0 Å². The predicted molar refractivity (Wildman–Crippen MR) is 68.4 cm³/mol. The molecule has 1 fully saturated rings. The van der Waals surface area contributed by atoms with Crippen molar-refractivity contribution in [2.24, 2.45) is 0 Å². The number of aryl methyl sites for hydroxylation is 1. The number of halogens is 1. The monoisotopic (exact) mass is 302 g/mol. The lowest BCUT2D eigenvalue weighted by Gasteiger charge is -2.16. The second-order valence-electron chi connectivity index (χ2n) is 4.08. The van der Waals surface area contributed by atoms with Crippen LogP contribution in [0.25, 0.3) is 0 Å². The van der Waals surface area contributed by atoms with Gasteiger partial charge in [0, 0.05) is 0 Å². The highest BCUT2D eigenvalue weighted by Gasteiger charge is 2.40. The van der Waals surface area contributed by atoms with Crippen molar-refractivity contribution < 1.29 is 18.0 Å². The highest BCUT2D eigenvalue weighted by molar-refractivity contribution is 7.89. The minimum absolute atomic E-state index is 0.00956. The van der Waals surface area contributed by atoms with E-state index in [1.54, 1.807) is 12.1 Å². The Balaban J connectivity index is 2.34. The molecule has 3 amide bonds. The number of amides is 3. The Morgan fingerprint density at radius 2 is 1.79 bits per heavy atom. The molecule has 0 aliphatic carbocycles. The number of hydrogen-bond donors (Lipinski definition) is 0. The van der Waals surface area contributed by atoms with E-state index in [0.29, 0.717) is 9.21 Å². The summed E-state index contributed by atoms with van der Waals surface area (Å²) < 4.78 is 25.1. The van der Waals surface area contributed by atoms with E-state index in [9.17, 15) is 18.0 Å². The summed E-state index contributed by atoms with van der Waals surface area (Å²) in [6, 6.07) is 5.20. The van der Waals surface area contributed by atoms with E-state index < -0.39 is 21.4 Å². The normalized spacial score (nSPS) is 16.0. The molecule has 102 valence electrons. The number of imide groups is 1. The quantitative estimate of drug-likeness (QED) is 0.616. The Morgan fingerprint density at radius 1 is 1.21 bits per heavy atom. The standard InChI is InChI=1S/C11H11ClN2O4S/c1-8-2-4-9(5-3-8)19(17,18)14-7-6-13(10(12)15)11(14)16/h2-5H,6-7H2,1H3. The molecule has 19 heavy (non-hydrogen) atoms. The molecule has 2 rings (SSSR count). The number of sulfonamides is 1. The molecule has 1 heterocycles. The highest BCUT2D eigenvalue weighted by atomic mass is 35.5. The molecule has 0 spiro atoms. The number of carbonyl (C=O) groups excluding carboxylic acids is 2. The van der Waals surface area contributed by atoms with Crippen molar-refractivity contribution in [3.8, 4) is 0 Å². The van der Waals surface area contributed by atoms with Crippen LogP contribution in [0.1, 0.15) is 5.56 Å². The topological polar surface area (TPSA) is 74.8 Å². The lowest BCUT2D eigenvalue weighted by molar-refractivity contribution is 0.205. The number of carbonyl (C=O) groups is 2. The molecule has 0 N–H and O–H groups in total. The van der Waals surface area contributed by atoms with Gasteiger partial charge in [0.2, 0.25) is 0 Å². The van der Waals surface area contributed by atoms with Crippen molar-refractivity contribution in [2.75, 3.05) is 13.1 Å². The first-order valence-corrected chi connectivity index (χ1v) is 7.26. The third-order valence-corrected chi connectivity index (χ3v) is 4.78. The van der Waals surface area contributed by atoms with Crippen LogP contribution in [0.4, 0.5) is 9.59 Å². The number of rotatable bonds is 2. The number of hydrogen-bond acceptors (Lipinski definition) is 4. The van der Waals surface area contributed by atoms with E-state index in [1.165, 1.54) is 12.1 Å². The second kappa shape index (κ2) is 4.82. The Hall–Kier alpha value is -1.60. The third-order valence-electron chi connectivity index (χ3n) is 2.79. The molecule has 0 radical (unpaired) electrons. The molecule has 1 aliphatic heterocycles. The van der Waals surface area contributed by atoms with Crippen LogP contribution in [0.3, 0.4) is 0 Å². The van der Waals surface area contributed by atoms with Gasteiger partial charge in [-0.05, 0) is 30.7 Å². The lowest BCUT2D eigenvalue weighted by atomic mass is 10.2. The average Bonchev–Trinajstić information content (AvgIpc) is 2.72. The summed E-state index contributed by atoms with van der Waals surface area (Å²) in [5, 5.41) is -0.980. The van der Waals surface area contributed by atoms with Crippen LogP contribution in [0.5, 0.6) is 0 Å². The minimum Gasteiger partial charge on any atom is -0.255 e. The molecule has 0 saturated carbocycles. The van der Waals surface area contributed by atoms with Gasteiger partial charge in [-0.15, -0.1) is 0 Å². The van der Waals surface area contributed by atoms with Crippen LogP contribution in [-0.4, -0.2) is 42.1 Å². The van der Waals surface area contributed by atoms with Gasteiger partial charge in [-0.1, -0.05) is 17.7 Å². The van der Waals surface area contributed by atoms with Crippen molar-refractivity contribution in [1.29, 1.82) is 0 Å². The van der Waals surface area contributed by atoms with Gasteiger partial charge < -0.3 is 0 Å². The summed E-state index contributed by atoms with van der Waals surface area (Å²) in [6.45, 7) is 1.70. The zero-order valence-corrected chi connectivity index (χ0v) is 11.6. The Bertz CT molecular complexity index is 627. The number of urea groups is 1. The fourth-order valence-corrected chi connectivity index (χ4v) is 3.26. The molecule has 0 unspecified atom stereocenters. The summed E-state index contributed by atoms with van der Waals surface area (Å²) in [7, 11) is -3.94. The first kappa shape index (κ1) is 13.8. The van der Waals surface area contributed by atoms with E-state index in [2.05, 4.69) is 0 Å². The van der Waals surface area contributed by atoms with Crippen molar-refractivity contribution in [3.05, 3.63) is 29.8 Å². The maximum atomic E-state index is 12.2. The fraction of sp³-hybridized carbons (Fsp3) is 0.273. The Morgan fingerprint density at radius 3 is 2.26 bits per heavy atom. The zero-order chi connectivity index (χ0) is 14.2. The van der Waals surface area contributed by atoms with Gasteiger partial charge in [0.25, 0.3) is 10.0 Å². The summed E-state index contributed by atoms with van der Waals surface area (Å²) >= 11 is 5.21. The molecular formula is C11H11ClN2O4S. The van der Waals surface area contributed by atoms with Crippen molar-refractivity contribution >= 4 is 33.0 Å². The number of benzene rings is 1. The van der Waals surface area contributed by atoms with E-state index >= 15 is 0 Å². The molecule has 0 atom stereocenters. The SMILES string of the molecule is Cc1ccc(S(=O)(=O)N2CCN(C(=O)Cl)C2=O)cc1. The van der Waals surface area contributed by atoms with Crippen LogP contribution >= 0.6 is 11.6 Å². The molecule has 1 aromatic rings. The van der Waals surface area contributed by atoms with Crippen LogP contribution in [0.2, 0.25) is 0 Å². The van der Waals surface area contributed by atoms with Gasteiger partial charge in [-0.25, -0.2) is 22.4 Å². The predicted octanol–water partition coefficient (Wildman–Crippen LogP) is 1.78. The highest BCUT2D eigenvalue weighted by Crippen LogP contribution is 2.22. The molecule has 0 aromatic heterocycles. The maximum Gasteiger partial charge on any atom is 0.341 e. The minimum atomic E-state index is -3.94. The van der Waals surface area contributed by atoms with Gasteiger partial charge in [-0.2, -0.15) is 0 Å². The first-order chi connectivity index (χ1) is 8.84. The largest absolute Gasteiger partial charge is 0.341 e. The van der Waals surface area contributed by atoms with E-state index in [1.807, 2.05) is 6.92 Å². The van der Waals surface area contributed by atoms with Crippen LogP contribution < -0.4 is 0 Å². The smallest absolute Gasteiger partial charge is 0.255 e. The average molecular weight is 303 g/mol. The van der Waals surface area contributed by atoms with E-state index in [0.717, 1.165) is 5.56 Å². The first-order valence-electron chi connectivity index (χ1n) is 5.44. The zero-order valence-electron chi connectivity index (χ0n) is 10.0. The summed E-state index contributed by atoms with van der Waals surface area (Å²) in [5.74, 6) is 0. The van der Waals surface area contributed by atoms with Crippen molar-refractivity contribution in [2.45, 2.75) is 11.8 Å². The van der Waals surface area contributed by atoms with E-state index in [-0.39, 0.29) is 18.0 Å². The number of nitrogens with zero attached hydrogens (tertiary/aromatic N) is 2. The van der Waals surface area contributed by atoms with Crippen LogP contribution in [0, 0.1) is 6.92 Å². The summed E-state index contributed by atoms with van der Waals surface area (Å²) in [6.07, 6.45) is 0. The second-order valence-corrected chi connectivity index (χ2v) is 6.26. The fourth-order valence-electron chi connectivity index (χ4n) is 1.74. The van der Waals surface area contributed by atoms with Crippen molar-refractivity contribution in [3.63, 3.8) is 0 Å². The van der Waals surface area contributed by atoms with Crippen molar-refractivity contribution in [1.82, 2.24) is 9.21 Å². The van der Waals surface area contributed by atoms with Gasteiger partial charge in [0.05, 0.1) is 18.0 Å². The molecule has 1 aromatic carbocycles. The molecule has 6 nitrogen and oxygen atoms in total. The Kier molecular flexibility index (Phi) is 3.51.